The number of aryl methyl sites for hydroxylation is 1. The van der Waals surface area contributed by atoms with Gasteiger partial charge in [-0.25, -0.2) is 4.90 Å². The van der Waals surface area contributed by atoms with Gasteiger partial charge in [0.2, 0.25) is 11.8 Å². The van der Waals surface area contributed by atoms with Crippen LogP contribution in [0.5, 0.6) is 0 Å². The molecule has 134 valence electrons. The van der Waals surface area contributed by atoms with Crippen molar-refractivity contribution in [3.8, 4) is 0 Å². The molecule has 1 atom stereocenters. The van der Waals surface area contributed by atoms with Crippen molar-refractivity contribution >= 4 is 35.0 Å². The van der Waals surface area contributed by atoms with Crippen LogP contribution < -0.4 is 4.90 Å². The van der Waals surface area contributed by atoms with Crippen molar-refractivity contribution < 1.29 is 14.4 Å². The fourth-order valence-electron chi connectivity index (χ4n) is 3.86. The van der Waals surface area contributed by atoms with E-state index in [0.29, 0.717) is 5.69 Å². The zero-order chi connectivity index (χ0) is 18.0. The van der Waals surface area contributed by atoms with Crippen molar-refractivity contribution in [3.63, 3.8) is 0 Å². The Morgan fingerprint density at radius 2 is 1.80 bits per heavy atom. The van der Waals surface area contributed by atoms with E-state index in [-0.39, 0.29) is 36.1 Å². The summed E-state index contributed by atoms with van der Waals surface area (Å²) < 4.78 is 0. The standard InChI is InChI=1S/C19H23ClN2O3/c1-13-7-9-15(10-8-13)22-17(23)11-16(19(22)25)21(18(24)12-20)14-5-3-2-4-6-14/h7-10,14,16H,2-6,11-12H2,1H3/t16-/m1/s1. The highest BCUT2D eigenvalue weighted by Crippen LogP contribution is 2.31. The monoisotopic (exact) mass is 362 g/mol. The number of rotatable bonds is 4. The number of imide groups is 1. The molecule has 1 aromatic rings. The Kier molecular flexibility index (Phi) is 5.42. The number of hydrogen-bond donors (Lipinski definition) is 0. The van der Waals surface area contributed by atoms with E-state index in [4.69, 9.17) is 11.6 Å². The van der Waals surface area contributed by atoms with Crippen LogP contribution in [-0.2, 0) is 14.4 Å². The van der Waals surface area contributed by atoms with E-state index in [9.17, 15) is 14.4 Å². The van der Waals surface area contributed by atoms with Gasteiger partial charge in [0.25, 0.3) is 5.91 Å². The minimum atomic E-state index is -0.733. The number of nitrogens with zero attached hydrogens (tertiary/aromatic N) is 2. The van der Waals surface area contributed by atoms with Crippen LogP contribution in [0.3, 0.4) is 0 Å². The second kappa shape index (κ2) is 7.56. The molecule has 2 fully saturated rings. The van der Waals surface area contributed by atoms with Crippen LogP contribution >= 0.6 is 11.6 Å². The second-order valence-corrected chi connectivity index (χ2v) is 7.12. The molecule has 0 radical (unpaired) electrons. The molecule has 3 rings (SSSR count). The Hall–Kier alpha value is -1.88. The van der Waals surface area contributed by atoms with Crippen LogP contribution in [0.1, 0.15) is 44.1 Å². The van der Waals surface area contributed by atoms with Gasteiger partial charge in [0.05, 0.1) is 12.1 Å². The summed E-state index contributed by atoms with van der Waals surface area (Å²) in [7, 11) is 0. The largest absolute Gasteiger partial charge is 0.326 e. The van der Waals surface area contributed by atoms with Gasteiger partial charge < -0.3 is 4.90 Å². The lowest BCUT2D eigenvalue weighted by molar-refractivity contribution is -0.139. The SMILES string of the molecule is Cc1ccc(N2C(=O)C[C@@H](N(C(=O)CCl)C3CCCCC3)C2=O)cc1. The number of anilines is 1. The van der Waals surface area contributed by atoms with Crippen molar-refractivity contribution in [3.05, 3.63) is 29.8 Å². The quantitative estimate of drug-likeness (QED) is 0.611. The van der Waals surface area contributed by atoms with Crippen molar-refractivity contribution in [2.75, 3.05) is 10.8 Å². The van der Waals surface area contributed by atoms with E-state index < -0.39 is 6.04 Å². The molecule has 0 aromatic heterocycles. The summed E-state index contributed by atoms with van der Waals surface area (Å²) in [5, 5.41) is 0. The van der Waals surface area contributed by atoms with Crippen molar-refractivity contribution in [2.45, 2.75) is 57.5 Å². The first-order valence-electron chi connectivity index (χ1n) is 8.83. The van der Waals surface area contributed by atoms with Crippen LogP contribution in [0.4, 0.5) is 5.69 Å². The second-order valence-electron chi connectivity index (χ2n) is 6.85. The molecule has 1 saturated heterocycles. The number of carbonyl (C=O) groups is 3. The molecule has 2 aliphatic rings. The fourth-order valence-corrected chi connectivity index (χ4v) is 4.00. The molecule has 1 aliphatic carbocycles. The summed E-state index contributed by atoms with van der Waals surface area (Å²) >= 11 is 5.80. The maximum absolute atomic E-state index is 13.0. The number of hydrogen-bond acceptors (Lipinski definition) is 3. The van der Waals surface area contributed by atoms with E-state index >= 15 is 0 Å². The number of halogens is 1. The third-order valence-corrected chi connectivity index (χ3v) is 5.35. The zero-order valence-electron chi connectivity index (χ0n) is 14.4. The van der Waals surface area contributed by atoms with E-state index in [1.54, 1.807) is 17.0 Å². The van der Waals surface area contributed by atoms with E-state index in [2.05, 4.69) is 0 Å². The smallest absolute Gasteiger partial charge is 0.257 e. The van der Waals surface area contributed by atoms with Crippen molar-refractivity contribution in [1.29, 1.82) is 0 Å². The summed E-state index contributed by atoms with van der Waals surface area (Å²) in [5.74, 6) is -1.01. The zero-order valence-corrected chi connectivity index (χ0v) is 15.2. The normalized spacial score (nSPS) is 21.7. The molecular formula is C19H23ClN2O3. The molecular weight excluding hydrogens is 340 g/mol. The van der Waals surface area contributed by atoms with Crippen LogP contribution in [0.15, 0.2) is 24.3 Å². The first-order chi connectivity index (χ1) is 12.0. The molecule has 0 unspecified atom stereocenters. The van der Waals surface area contributed by atoms with Crippen molar-refractivity contribution in [1.82, 2.24) is 4.90 Å². The minimum absolute atomic E-state index is 0.000261. The summed E-state index contributed by atoms with van der Waals surface area (Å²) in [6.07, 6.45) is 4.98. The first-order valence-corrected chi connectivity index (χ1v) is 9.37. The minimum Gasteiger partial charge on any atom is -0.326 e. The molecule has 1 aliphatic heterocycles. The van der Waals surface area contributed by atoms with Gasteiger partial charge in [-0.2, -0.15) is 0 Å². The number of carbonyl (C=O) groups excluding carboxylic acids is 3. The Bertz CT molecular complexity index is 668. The lowest BCUT2D eigenvalue weighted by Crippen LogP contribution is -2.51. The lowest BCUT2D eigenvalue weighted by Gasteiger charge is -2.37. The molecule has 1 aromatic carbocycles. The molecule has 0 N–H and O–H groups in total. The Labute approximate surface area is 152 Å². The summed E-state index contributed by atoms with van der Waals surface area (Å²) in [6, 6.07) is 6.53. The van der Waals surface area contributed by atoms with Gasteiger partial charge >= 0.3 is 0 Å². The van der Waals surface area contributed by atoms with Gasteiger partial charge in [0.1, 0.15) is 11.9 Å². The van der Waals surface area contributed by atoms with Gasteiger partial charge in [0.15, 0.2) is 0 Å². The fraction of sp³-hybridized carbons (Fsp3) is 0.526. The highest BCUT2D eigenvalue weighted by atomic mass is 35.5. The summed E-state index contributed by atoms with van der Waals surface area (Å²) in [4.78, 5) is 40.7. The predicted octanol–water partition coefficient (Wildman–Crippen LogP) is 3.03. The molecule has 6 heteroatoms. The number of amides is 3. The highest BCUT2D eigenvalue weighted by molar-refractivity contribution is 6.28. The van der Waals surface area contributed by atoms with Gasteiger partial charge in [-0.1, -0.05) is 37.0 Å². The molecule has 1 saturated carbocycles. The average molecular weight is 363 g/mol. The Balaban J connectivity index is 1.87. The molecule has 0 bridgehead atoms. The molecule has 25 heavy (non-hydrogen) atoms. The third kappa shape index (κ3) is 3.56. The van der Waals surface area contributed by atoms with E-state index in [1.807, 2.05) is 19.1 Å². The average Bonchev–Trinajstić information content (AvgIpc) is 2.91. The molecule has 5 nitrogen and oxygen atoms in total. The maximum atomic E-state index is 13.0. The van der Waals surface area contributed by atoms with Gasteiger partial charge in [-0.15, -0.1) is 11.6 Å². The van der Waals surface area contributed by atoms with Crippen LogP contribution in [0.25, 0.3) is 0 Å². The van der Waals surface area contributed by atoms with E-state index in [0.717, 1.165) is 37.7 Å². The van der Waals surface area contributed by atoms with Crippen LogP contribution in [-0.4, -0.2) is 40.6 Å². The summed E-state index contributed by atoms with van der Waals surface area (Å²) in [5.41, 5.74) is 1.62. The van der Waals surface area contributed by atoms with Crippen LogP contribution in [0.2, 0.25) is 0 Å². The molecule has 3 amide bonds. The topological polar surface area (TPSA) is 57.7 Å². The van der Waals surface area contributed by atoms with Crippen molar-refractivity contribution in [2.24, 2.45) is 0 Å². The van der Waals surface area contributed by atoms with Gasteiger partial charge in [0, 0.05) is 6.04 Å². The van der Waals surface area contributed by atoms with Gasteiger partial charge in [-0.3, -0.25) is 14.4 Å². The van der Waals surface area contributed by atoms with Crippen LogP contribution in [0, 0.1) is 6.92 Å². The lowest BCUT2D eigenvalue weighted by atomic mass is 9.92. The maximum Gasteiger partial charge on any atom is 0.257 e. The predicted molar refractivity (Wildman–Crippen MR) is 96.5 cm³/mol. The highest BCUT2D eigenvalue weighted by Gasteiger charge is 2.46. The summed E-state index contributed by atoms with van der Waals surface area (Å²) in [6.45, 7) is 1.95. The first kappa shape index (κ1) is 17.9. The third-order valence-electron chi connectivity index (χ3n) is 5.12. The molecule has 1 heterocycles. The van der Waals surface area contributed by atoms with E-state index in [1.165, 1.54) is 4.90 Å². The van der Waals surface area contributed by atoms with Gasteiger partial charge in [-0.05, 0) is 31.9 Å². The number of benzene rings is 1. The molecule has 0 spiro atoms. The Morgan fingerprint density at radius 1 is 1.16 bits per heavy atom. The Morgan fingerprint density at radius 3 is 2.40 bits per heavy atom. The number of alkyl halides is 1.